The van der Waals surface area contributed by atoms with Gasteiger partial charge in [0.05, 0.1) is 20.8 Å². The molecule has 2 aromatic carbocycles. The molecule has 0 fully saturated rings. The molecule has 0 saturated heterocycles. The molecular formula is C22H31N3O3. The first-order chi connectivity index (χ1) is 13.6. The van der Waals surface area contributed by atoms with Crippen LogP contribution in [0, 0.1) is 0 Å². The molecule has 0 amide bonds. The van der Waals surface area contributed by atoms with Crippen LogP contribution in [0.2, 0.25) is 0 Å². The minimum atomic E-state index is 0.137. The number of ether oxygens (including phenoxy) is 2. The number of benzene rings is 2. The minimum Gasteiger partial charge on any atom is -0.504 e. The number of rotatable bonds is 9. The number of guanidine groups is 1. The number of aromatic hydroxyl groups is 1. The lowest BCUT2D eigenvalue weighted by molar-refractivity contribution is 0.370. The molecule has 0 aliphatic rings. The number of nitrogens with one attached hydrogen (secondary N) is 2. The van der Waals surface area contributed by atoms with Crippen LogP contribution in [0.15, 0.2) is 47.5 Å². The van der Waals surface area contributed by atoms with Crippen LogP contribution in [-0.2, 0) is 6.54 Å². The molecule has 0 aliphatic heterocycles. The van der Waals surface area contributed by atoms with Gasteiger partial charge in [-0.15, -0.1) is 0 Å². The lowest BCUT2D eigenvalue weighted by Crippen LogP contribution is -2.38. The van der Waals surface area contributed by atoms with Gasteiger partial charge in [0.15, 0.2) is 17.5 Å². The maximum Gasteiger partial charge on any atom is 0.191 e. The number of phenols is 1. The summed E-state index contributed by atoms with van der Waals surface area (Å²) in [5, 5.41) is 16.8. The van der Waals surface area contributed by atoms with Crippen molar-refractivity contribution in [2.24, 2.45) is 4.99 Å². The standard InChI is InChI=1S/C22H31N3O3/c1-5-23-22(25-15-18-7-6-8-20(28-4)21(18)26)24-14-13-16(2)17-9-11-19(27-3)12-10-17/h6-12,16,26H,5,13-15H2,1-4H3,(H2,23,24,25). The van der Waals surface area contributed by atoms with Gasteiger partial charge >= 0.3 is 0 Å². The van der Waals surface area contributed by atoms with Crippen molar-refractivity contribution in [3.05, 3.63) is 53.6 Å². The highest BCUT2D eigenvalue weighted by atomic mass is 16.5. The molecule has 0 saturated carbocycles. The average Bonchev–Trinajstić information content (AvgIpc) is 2.72. The molecule has 2 rings (SSSR count). The number of para-hydroxylation sites is 1. The van der Waals surface area contributed by atoms with E-state index in [0.717, 1.165) is 36.8 Å². The number of aliphatic imine (C=N–C) groups is 1. The normalized spacial score (nSPS) is 12.4. The Bertz CT molecular complexity index is 760. The molecule has 0 aromatic heterocycles. The highest BCUT2D eigenvalue weighted by Gasteiger charge is 2.08. The first kappa shape index (κ1) is 21.4. The highest BCUT2D eigenvalue weighted by Crippen LogP contribution is 2.29. The van der Waals surface area contributed by atoms with Gasteiger partial charge in [-0.25, -0.2) is 4.99 Å². The molecular weight excluding hydrogens is 354 g/mol. The van der Waals surface area contributed by atoms with Crippen LogP contribution >= 0.6 is 0 Å². The number of methoxy groups -OCH3 is 2. The van der Waals surface area contributed by atoms with E-state index in [1.807, 2.05) is 31.2 Å². The van der Waals surface area contributed by atoms with Crippen molar-refractivity contribution in [2.45, 2.75) is 32.7 Å². The predicted octanol–water partition coefficient (Wildman–Crippen LogP) is 3.66. The van der Waals surface area contributed by atoms with Crippen LogP contribution in [0.3, 0.4) is 0 Å². The summed E-state index contributed by atoms with van der Waals surface area (Å²) in [6.07, 6.45) is 0.973. The van der Waals surface area contributed by atoms with Gasteiger partial charge in [-0.1, -0.05) is 31.2 Å². The third-order valence-corrected chi connectivity index (χ3v) is 4.61. The number of phenolic OH excluding ortho intramolecular Hbond substituents is 1. The molecule has 0 heterocycles. The second-order valence-electron chi connectivity index (χ2n) is 6.55. The van der Waals surface area contributed by atoms with Crippen molar-refractivity contribution in [3.63, 3.8) is 0 Å². The van der Waals surface area contributed by atoms with E-state index < -0.39 is 0 Å². The Hall–Kier alpha value is -2.89. The van der Waals surface area contributed by atoms with Gasteiger partial charge in [-0.3, -0.25) is 0 Å². The lowest BCUT2D eigenvalue weighted by Gasteiger charge is -2.15. The highest BCUT2D eigenvalue weighted by molar-refractivity contribution is 5.79. The molecule has 152 valence electrons. The van der Waals surface area contributed by atoms with Crippen molar-refractivity contribution in [1.29, 1.82) is 0 Å². The van der Waals surface area contributed by atoms with Crippen molar-refractivity contribution >= 4 is 5.96 Å². The Morgan fingerprint density at radius 3 is 2.46 bits per heavy atom. The quantitative estimate of drug-likeness (QED) is 0.454. The van der Waals surface area contributed by atoms with E-state index >= 15 is 0 Å². The summed E-state index contributed by atoms with van der Waals surface area (Å²) in [5.74, 6) is 2.61. The van der Waals surface area contributed by atoms with E-state index in [2.05, 4.69) is 34.7 Å². The van der Waals surface area contributed by atoms with E-state index in [1.165, 1.54) is 12.7 Å². The Labute approximate surface area is 167 Å². The van der Waals surface area contributed by atoms with Crippen molar-refractivity contribution in [2.75, 3.05) is 27.3 Å². The SMILES string of the molecule is CCNC(=NCc1cccc(OC)c1O)NCCC(C)c1ccc(OC)cc1. The maximum atomic E-state index is 10.2. The predicted molar refractivity (Wildman–Crippen MR) is 114 cm³/mol. The Balaban J connectivity index is 1.92. The minimum absolute atomic E-state index is 0.137. The first-order valence-corrected chi connectivity index (χ1v) is 9.60. The van der Waals surface area contributed by atoms with Crippen LogP contribution in [0.4, 0.5) is 0 Å². The second-order valence-corrected chi connectivity index (χ2v) is 6.55. The van der Waals surface area contributed by atoms with Crippen LogP contribution in [0.5, 0.6) is 17.2 Å². The smallest absolute Gasteiger partial charge is 0.191 e. The zero-order valence-corrected chi connectivity index (χ0v) is 17.2. The maximum absolute atomic E-state index is 10.2. The summed E-state index contributed by atoms with van der Waals surface area (Å²) in [4.78, 5) is 4.57. The first-order valence-electron chi connectivity index (χ1n) is 9.60. The van der Waals surface area contributed by atoms with Crippen LogP contribution < -0.4 is 20.1 Å². The summed E-state index contributed by atoms with van der Waals surface area (Å²) < 4.78 is 10.4. The van der Waals surface area contributed by atoms with Crippen LogP contribution in [0.1, 0.15) is 37.3 Å². The average molecular weight is 386 g/mol. The third-order valence-electron chi connectivity index (χ3n) is 4.61. The summed E-state index contributed by atoms with van der Waals surface area (Å²) >= 11 is 0. The van der Waals surface area contributed by atoms with Crippen LogP contribution in [0.25, 0.3) is 0 Å². The molecule has 0 radical (unpaired) electrons. The topological polar surface area (TPSA) is 75.1 Å². The molecule has 0 spiro atoms. The fraction of sp³-hybridized carbons (Fsp3) is 0.409. The number of hydrogen-bond donors (Lipinski definition) is 3. The van der Waals surface area contributed by atoms with E-state index in [4.69, 9.17) is 9.47 Å². The molecule has 6 heteroatoms. The Morgan fingerprint density at radius 1 is 1.07 bits per heavy atom. The van der Waals surface area contributed by atoms with Gasteiger partial charge in [0.2, 0.25) is 0 Å². The van der Waals surface area contributed by atoms with Crippen molar-refractivity contribution in [3.8, 4) is 17.2 Å². The third kappa shape index (κ3) is 6.08. The zero-order valence-electron chi connectivity index (χ0n) is 17.2. The van der Waals surface area contributed by atoms with Crippen molar-refractivity contribution in [1.82, 2.24) is 10.6 Å². The molecule has 0 aliphatic carbocycles. The van der Waals surface area contributed by atoms with E-state index in [1.54, 1.807) is 13.2 Å². The largest absolute Gasteiger partial charge is 0.504 e. The van der Waals surface area contributed by atoms with Gasteiger partial charge in [-0.05, 0) is 43.0 Å². The van der Waals surface area contributed by atoms with Crippen LogP contribution in [-0.4, -0.2) is 38.4 Å². The van der Waals surface area contributed by atoms with Gasteiger partial charge in [0, 0.05) is 18.7 Å². The monoisotopic (exact) mass is 385 g/mol. The lowest BCUT2D eigenvalue weighted by atomic mass is 9.98. The fourth-order valence-corrected chi connectivity index (χ4v) is 2.87. The number of nitrogens with zero attached hydrogens (tertiary/aromatic N) is 1. The van der Waals surface area contributed by atoms with Gasteiger partial charge < -0.3 is 25.2 Å². The Morgan fingerprint density at radius 2 is 1.82 bits per heavy atom. The van der Waals surface area contributed by atoms with Crippen molar-refractivity contribution < 1.29 is 14.6 Å². The van der Waals surface area contributed by atoms with E-state index in [0.29, 0.717) is 18.2 Å². The fourth-order valence-electron chi connectivity index (χ4n) is 2.87. The summed E-state index contributed by atoms with van der Waals surface area (Å²) in [5.41, 5.74) is 2.01. The molecule has 1 atom stereocenters. The van der Waals surface area contributed by atoms with Gasteiger partial charge in [0.25, 0.3) is 0 Å². The van der Waals surface area contributed by atoms with Gasteiger partial charge in [-0.2, -0.15) is 0 Å². The number of hydrogen-bond acceptors (Lipinski definition) is 4. The molecule has 6 nitrogen and oxygen atoms in total. The molecule has 2 aromatic rings. The molecule has 0 bridgehead atoms. The molecule has 1 unspecified atom stereocenters. The van der Waals surface area contributed by atoms with E-state index in [-0.39, 0.29) is 5.75 Å². The van der Waals surface area contributed by atoms with E-state index in [9.17, 15) is 5.11 Å². The molecule has 28 heavy (non-hydrogen) atoms. The summed E-state index contributed by atoms with van der Waals surface area (Å²) in [6.45, 7) is 6.17. The van der Waals surface area contributed by atoms with Gasteiger partial charge in [0.1, 0.15) is 5.75 Å². The second kappa shape index (κ2) is 11.1. The Kier molecular flexibility index (Phi) is 8.46. The molecule has 3 N–H and O–H groups in total. The summed E-state index contributed by atoms with van der Waals surface area (Å²) in [6, 6.07) is 13.6. The zero-order chi connectivity index (χ0) is 20.4. The summed E-state index contributed by atoms with van der Waals surface area (Å²) in [7, 11) is 3.22.